The molecule has 1 aromatic carbocycles. The first-order valence-electron chi connectivity index (χ1n) is 5.27. The maximum atomic E-state index is 5.87. The van der Waals surface area contributed by atoms with Crippen molar-refractivity contribution in [1.82, 2.24) is 15.0 Å². The van der Waals surface area contributed by atoms with Crippen molar-refractivity contribution in [3.63, 3.8) is 0 Å². The van der Waals surface area contributed by atoms with Crippen molar-refractivity contribution >= 4 is 5.82 Å². The van der Waals surface area contributed by atoms with E-state index in [0.717, 1.165) is 11.4 Å². The maximum Gasteiger partial charge on any atom is 0.170 e. The highest BCUT2D eigenvalue weighted by molar-refractivity contribution is 5.44. The molecule has 0 fully saturated rings. The lowest BCUT2D eigenvalue weighted by Crippen LogP contribution is -2.19. The molecule has 1 aromatic heterocycles. The van der Waals surface area contributed by atoms with Gasteiger partial charge in [-0.3, -0.25) is 0 Å². The monoisotopic (exact) mass is 216 g/mol. The summed E-state index contributed by atoms with van der Waals surface area (Å²) in [6.45, 7) is 6.30. The molecule has 4 nitrogen and oxygen atoms in total. The maximum absolute atomic E-state index is 5.87. The van der Waals surface area contributed by atoms with E-state index in [0.29, 0.717) is 5.82 Å². The van der Waals surface area contributed by atoms with Crippen LogP contribution in [0.1, 0.15) is 26.5 Å². The quantitative estimate of drug-likeness (QED) is 0.794. The summed E-state index contributed by atoms with van der Waals surface area (Å²) in [6, 6.07) is 9.90. The standard InChI is InChI=1S/C12H16N4/c1-12(2,3)10-11(13)14-15-16(10)9-7-5-4-6-8-9/h4-8H,13H2,1-3H3. The van der Waals surface area contributed by atoms with Crippen LogP contribution in [-0.2, 0) is 5.41 Å². The largest absolute Gasteiger partial charge is 0.381 e. The third kappa shape index (κ3) is 1.78. The third-order valence-corrected chi connectivity index (χ3v) is 2.41. The molecule has 2 N–H and O–H groups in total. The molecule has 0 aliphatic carbocycles. The van der Waals surface area contributed by atoms with Crippen molar-refractivity contribution in [3.05, 3.63) is 36.0 Å². The van der Waals surface area contributed by atoms with Crippen molar-refractivity contribution in [2.75, 3.05) is 5.73 Å². The average Bonchev–Trinajstić information content (AvgIpc) is 2.61. The molecule has 0 spiro atoms. The van der Waals surface area contributed by atoms with Crippen LogP contribution in [0.3, 0.4) is 0 Å². The highest BCUT2D eigenvalue weighted by Crippen LogP contribution is 2.27. The minimum absolute atomic E-state index is 0.0799. The van der Waals surface area contributed by atoms with Crippen molar-refractivity contribution in [3.8, 4) is 5.69 Å². The van der Waals surface area contributed by atoms with Gasteiger partial charge in [0.1, 0.15) is 0 Å². The molecular formula is C12H16N4. The van der Waals surface area contributed by atoms with Crippen LogP contribution in [0.2, 0.25) is 0 Å². The second-order valence-electron chi connectivity index (χ2n) is 4.82. The van der Waals surface area contributed by atoms with Crippen LogP contribution in [0, 0.1) is 0 Å². The molecule has 0 aliphatic rings. The topological polar surface area (TPSA) is 56.7 Å². The fourth-order valence-electron chi connectivity index (χ4n) is 1.75. The molecule has 0 atom stereocenters. The number of anilines is 1. The predicted molar refractivity (Wildman–Crippen MR) is 64.5 cm³/mol. The van der Waals surface area contributed by atoms with Crippen molar-refractivity contribution in [1.29, 1.82) is 0 Å². The molecule has 0 saturated carbocycles. The van der Waals surface area contributed by atoms with Gasteiger partial charge in [0.15, 0.2) is 5.82 Å². The predicted octanol–water partition coefficient (Wildman–Crippen LogP) is 2.15. The number of nitrogens with two attached hydrogens (primary N) is 1. The number of benzene rings is 1. The van der Waals surface area contributed by atoms with Crippen LogP contribution in [0.15, 0.2) is 30.3 Å². The van der Waals surface area contributed by atoms with Crippen molar-refractivity contribution in [2.24, 2.45) is 0 Å². The Bertz CT molecular complexity index is 479. The summed E-state index contributed by atoms with van der Waals surface area (Å²) in [4.78, 5) is 0. The Labute approximate surface area is 95.1 Å². The van der Waals surface area contributed by atoms with Crippen LogP contribution in [0.5, 0.6) is 0 Å². The number of hydrogen-bond donors (Lipinski definition) is 1. The second kappa shape index (κ2) is 3.63. The summed E-state index contributed by atoms with van der Waals surface area (Å²) in [5.41, 5.74) is 7.72. The molecular weight excluding hydrogens is 200 g/mol. The zero-order valence-corrected chi connectivity index (χ0v) is 9.81. The molecule has 2 aromatic rings. The Morgan fingerprint density at radius 2 is 1.75 bits per heavy atom. The first-order chi connectivity index (χ1) is 7.50. The molecule has 84 valence electrons. The summed E-state index contributed by atoms with van der Waals surface area (Å²) in [5.74, 6) is 0.497. The minimum atomic E-state index is -0.0799. The van der Waals surface area contributed by atoms with Crippen molar-refractivity contribution in [2.45, 2.75) is 26.2 Å². The van der Waals surface area contributed by atoms with Gasteiger partial charge in [0.25, 0.3) is 0 Å². The summed E-state index contributed by atoms with van der Waals surface area (Å²) in [6.07, 6.45) is 0. The van der Waals surface area contributed by atoms with E-state index < -0.39 is 0 Å². The Balaban J connectivity index is 2.60. The van der Waals surface area contributed by atoms with Crippen LogP contribution >= 0.6 is 0 Å². The first kappa shape index (κ1) is 10.7. The highest BCUT2D eigenvalue weighted by Gasteiger charge is 2.24. The van der Waals surface area contributed by atoms with E-state index in [1.165, 1.54) is 0 Å². The molecule has 0 amide bonds. The number of para-hydroxylation sites is 1. The van der Waals surface area contributed by atoms with E-state index >= 15 is 0 Å². The van der Waals surface area contributed by atoms with E-state index in [4.69, 9.17) is 5.73 Å². The smallest absolute Gasteiger partial charge is 0.170 e. The molecule has 0 saturated heterocycles. The number of rotatable bonds is 1. The number of hydrogen-bond acceptors (Lipinski definition) is 3. The lowest BCUT2D eigenvalue weighted by molar-refractivity contribution is 0.544. The summed E-state index contributed by atoms with van der Waals surface area (Å²) < 4.78 is 1.80. The van der Waals surface area contributed by atoms with Gasteiger partial charge < -0.3 is 5.73 Å². The summed E-state index contributed by atoms with van der Waals surface area (Å²) in [5, 5.41) is 8.04. The Morgan fingerprint density at radius 1 is 1.12 bits per heavy atom. The molecule has 0 aliphatic heterocycles. The van der Waals surface area contributed by atoms with Gasteiger partial charge in [-0.25, -0.2) is 4.68 Å². The molecule has 1 heterocycles. The second-order valence-corrected chi connectivity index (χ2v) is 4.82. The van der Waals surface area contributed by atoms with Gasteiger partial charge in [-0.1, -0.05) is 44.2 Å². The van der Waals surface area contributed by atoms with E-state index in [9.17, 15) is 0 Å². The SMILES string of the molecule is CC(C)(C)c1c(N)nnn1-c1ccccc1. The van der Waals surface area contributed by atoms with Crippen LogP contribution in [0.4, 0.5) is 5.82 Å². The highest BCUT2D eigenvalue weighted by atomic mass is 15.4. The van der Waals surface area contributed by atoms with Gasteiger partial charge in [0, 0.05) is 5.41 Å². The fraction of sp³-hybridized carbons (Fsp3) is 0.333. The zero-order valence-electron chi connectivity index (χ0n) is 9.81. The Morgan fingerprint density at radius 3 is 2.31 bits per heavy atom. The lowest BCUT2D eigenvalue weighted by Gasteiger charge is -2.19. The molecule has 0 bridgehead atoms. The van der Waals surface area contributed by atoms with Crippen molar-refractivity contribution < 1.29 is 0 Å². The normalized spacial score (nSPS) is 11.7. The first-order valence-corrected chi connectivity index (χ1v) is 5.27. The van der Waals surface area contributed by atoms with E-state index in [1.54, 1.807) is 4.68 Å². The zero-order chi connectivity index (χ0) is 11.8. The van der Waals surface area contributed by atoms with E-state index in [2.05, 4.69) is 31.1 Å². The lowest BCUT2D eigenvalue weighted by atomic mass is 9.91. The van der Waals surface area contributed by atoms with Gasteiger partial charge in [0.2, 0.25) is 0 Å². The summed E-state index contributed by atoms with van der Waals surface area (Å²) >= 11 is 0. The molecule has 4 heteroatoms. The van der Waals surface area contributed by atoms with Gasteiger partial charge in [0.05, 0.1) is 11.4 Å². The van der Waals surface area contributed by atoms with E-state index in [-0.39, 0.29) is 5.41 Å². The Kier molecular flexibility index (Phi) is 2.42. The minimum Gasteiger partial charge on any atom is -0.381 e. The van der Waals surface area contributed by atoms with Crippen LogP contribution in [-0.4, -0.2) is 15.0 Å². The molecule has 0 unspecified atom stereocenters. The van der Waals surface area contributed by atoms with E-state index in [1.807, 2.05) is 30.3 Å². The fourth-order valence-corrected chi connectivity index (χ4v) is 1.75. The van der Waals surface area contributed by atoms with Gasteiger partial charge >= 0.3 is 0 Å². The van der Waals surface area contributed by atoms with Gasteiger partial charge in [-0.05, 0) is 12.1 Å². The Hall–Kier alpha value is -1.84. The number of nitrogen functional groups attached to an aromatic ring is 1. The number of aromatic nitrogens is 3. The van der Waals surface area contributed by atoms with Gasteiger partial charge in [-0.15, -0.1) is 5.10 Å². The molecule has 2 rings (SSSR count). The van der Waals surface area contributed by atoms with Crippen LogP contribution in [0.25, 0.3) is 5.69 Å². The average molecular weight is 216 g/mol. The van der Waals surface area contributed by atoms with Gasteiger partial charge in [-0.2, -0.15) is 0 Å². The van der Waals surface area contributed by atoms with Crippen LogP contribution < -0.4 is 5.73 Å². The summed E-state index contributed by atoms with van der Waals surface area (Å²) in [7, 11) is 0. The molecule has 16 heavy (non-hydrogen) atoms. The molecule has 0 radical (unpaired) electrons. The number of nitrogens with zero attached hydrogens (tertiary/aromatic N) is 3. The third-order valence-electron chi connectivity index (χ3n) is 2.41.